The Morgan fingerprint density at radius 3 is 2.71 bits per heavy atom. The Kier molecular flexibility index (Phi) is 4.62. The van der Waals surface area contributed by atoms with Crippen molar-refractivity contribution in [3.63, 3.8) is 0 Å². The van der Waals surface area contributed by atoms with E-state index < -0.39 is 6.09 Å². The highest BCUT2D eigenvalue weighted by Crippen LogP contribution is 2.24. The number of ether oxygens (including phenoxy) is 1. The number of anilines is 1. The summed E-state index contributed by atoms with van der Waals surface area (Å²) in [6.45, 7) is 5.34. The van der Waals surface area contributed by atoms with E-state index in [4.69, 9.17) is 16.3 Å². The molecule has 0 aliphatic carbocycles. The van der Waals surface area contributed by atoms with Crippen molar-refractivity contribution in [3.05, 3.63) is 34.7 Å². The van der Waals surface area contributed by atoms with Gasteiger partial charge < -0.3 is 15.0 Å². The van der Waals surface area contributed by atoms with Gasteiger partial charge in [0.15, 0.2) is 0 Å². The van der Waals surface area contributed by atoms with E-state index in [1.54, 1.807) is 13.1 Å². The topological polar surface area (TPSA) is 72.3 Å². The third-order valence-corrected chi connectivity index (χ3v) is 4.28. The summed E-state index contributed by atoms with van der Waals surface area (Å²) in [7, 11) is 1.55. The first-order valence-corrected chi connectivity index (χ1v) is 8.19. The highest BCUT2D eigenvalue weighted by atomic mass is 35.5. The Bertz CT molecular complexity index is 741. The van der Waals surface area contributed by atoms with Crippen LogP contribution >= 0.6 is 11.6 Å². The predicted octanol–water partition coefficient (Wildman–Crippen LogP) is 2.47. The first kappa shape index (κ1) is 16.6. The second-order valence-electron chi connectivity index (χ2n) is 5.81. The van der Waals surface area contributed by atoms with Crippen LogP contribution in [-0.4, -0.2) is 46.9 Å². The average Bonchev–Trinajstić information content (AvgIpc) is 3.13. The normalized spacial score (nSPS) is 17.2. The number of nitrogens with one attached hydrogen (secondary N) is 1. The van der Waals surface area contributed by atoms with Crippen LogP contribution in [-0.2, 0) is 4.74 Å². The summed E-state index contributed by atoms with van der Waals surface area (Å²) < 4.78 is 7.27. The summed E-state index contributed by atoms with van der Waals surface area (Å²) in [4.78, 5) is 22.4. The number of carbonyl (C=O) groups excluding carboxylic acids is 1. The Morgan fingerprint density at radius 1 is 1.33 bits per heavy atom. The summed E-state index contributed by atoms with van der Waals surface area (Å²) in [5, 5.41) is 2.85. The fourth-order valence-corrected chi connectivity index (χ4v) is 3.06. The molecule has 3 heterocycles. The summed E-state index contributed by atoms with van der Waals surface area (Å²) in [6, 6.07) is 5.77. The standard InChI is InChI=1S/C16H20ClN5O2/c1-10-4-5-11(2)22(10)15-19-13(17)8-14(20-15)21-7-6-12(9-21)24-16(23)18-3/h4-5,8,12H,6-7,9H2,1-3H3,(H,18,23)/t12-/m1/s1. The number of amides is 1. The minimum absolute atomic E-state index is 0.155. The molecule has 1 aliphatic heterocycles. The summed E-state index contributed by atoms with van der Waals surface area (Å²) in [5.41, 5.74) is 2.09. The van der Waals surface area contributed by atoms with Crippen LogP contribution in [0.2, 0.25) is 5.15 Å². The molecule has 1 fully saturated rings. The van der Waals surface area contributed by atoms with Crippen LogP contribution in [0.5, 0.6) is 0 Å². The number of carbonyl (C=O) groups is 1. The van der Waals surface area contributed by atoms with E-state index in [0.717, 1.165) is 30.2 Å². The SMILES string of the molecule is CNC(=O)O[C@@H]1CCN(c2cc(Cl)nc(-n3c(C)ccc3C)n2)C1. The van der Waals surface area contributed by atoms with Gasteiger partial charge in [-0.25, -0.2) is 9.78 Å². The zero-order valence-corrected chi connectivity index (χ0v) is 14.7. The number of hydrogen-bond acceptors (Lipinski definition) is 5. The summed E-state index contributed by atoms with van der Waals surface area (Å²) in [5.74, 6) is 1.29. The molecule has 2 aromatic rings. The molecule has 1 saturated heterocycles. The van der Waals surface area contributed by atoms with Crippen molar-refractivity contribution in [1.29, 1.82) is 0 Å². The zero-order valence-electron chi connectivity index (χ0n) is 13.9. The molecular weight excluding hydrogens is 330 g/mol. The quantitative estimate of drug-likeness (QED) is 0.862. The lowest BCUT2D eigenvalue weighted by Gasteiger charge is -2.19. The molecule has 128 valence electrons. The molecule has 1 atom stereocenters. The van der Waals surface area contributed by atoms with Crippen molar-refractivity contribution >= 4 is 23.5 Å². The van der Waals surface area contributed by atoms with Crippen molar-refractivity contribution in [1.82, 2.24) is 19.9 Å². The molecule has 0 spiro atoms. The van der Waals surface area contributed by atoms with Crippen molar-refractivity contribution in [2.75, 3.05) is 25.0 Å². The predicted molar refractivity (Wildman–Crippen MR) is 92.0 cm³/mol. The van der Waals surface area contributed by atoms with Gasteiger partial charge in [-0.2, -0.15) is 4.98 Å². The number of rotatable bonds is 3. The van der Waals surface area contributed by atoms with Crippen LogP contribution in [0, 0.1) is 13.8 Å². The van der Waals surface area contributed by atoms with E-state index in [1.165, 1.54) is 0 Å². The van der Waals surface area contributed by atoms with Gasteiger partial charge in [0, 0.05) is 37.5 Å². The number of aromatic nitrogens is 3. The van der Waals surface area contributed by atoms with E-state index in [1.807, 2.05) is 30.5 Å². The second-order valence-corrected chi connectivity index (χ2v) is 6.20. The molecule has 2 aromatic heterocycles. The van der Waals surface area contributed by atoms with Crippen molar-refractivity contribution in [2.24, 2.45) is 0 Å². The molecule has 0 unspecified atom stereocenters. The van der Waals surface area contributed by atoms with Gasteiger partial charge in [0.1, 0.15) is 17.1 Å². The number of nitrogens with zero attached hydrogens (tertiary/aromatic N) is 4. The minimum atomic E-state index is -0.415. The molecule has 0 bridgehead atoms. The largest absolute Gasteiger partial charge is 0.444 e. The molecule has 8 heteroatoms. The smallest absolute Gasteiger partial charge is 0.407 e. The van der Waals surface area contributed by atoms with Gasteiger partial charge in [-0.15, -0.1) is 0 Å². The Balaban J connectivity index is 1.84. The first-order chi connectivity index (χ1) is 11.5. The lowest BCUT2D eigenvalue weighted by Crippen LogP contribution is -2.29. The van der Waals surface area contributed by atoms with E-state index in [0.29, 0.717) is 17.6 Å². The lowest BCUT2D eigenvalue weighted by molar-refractivity contribution is 0.110. The second kappa shape index (κ2) is 6.68. The van der Waals surface area contributed by atoms with Crippen LogP contribution in [0.3, 0.4) is 0 Å². The van der Waals surface area contributed by atoms with Gasteiger partial charge in [-0.1, -0.05) is 11.6 Å². The van der Waals surface area contributed by atoms with Crippen LogP contribution in [0.15, 0.2) is 18.2 Å². The maximum Gasteiger partial charge on any atom is 0.407 e. The Hall–Kier alpha value is -2.28. The van der Waals surface area contributed by atoms with Gasteiger partial charge in [0.2, 0.25) is 5.95 Å². The maximum atomic E-state index is 11.3. The highest BCUT2D eigenvalue weighted by molar-refractivity contribution is 6.29. The van der Waals surface area contributed by atoms with E-state index in [-0.39, 0.29) is 6.10 Å². The Labute approximate surface area is 145 Å². The van der Waals surface area contributed by atoms with Gasteiger partial charge in [-0.05, 0) is 26.0 Å². The van der Waals surface area contributed by atoms with E-state index >= 15 is 0 Å². The first-order valence-electron chi connectivity index (χ1n) is 7.81. The number of halogens is 1. The van der Waals surface area contributed by atoms with Gasteiger partial charge in [0.05, 0.1) is 6.54 Å². The fourth-order valence-electron chi connectivity index (χ4n) is 2.88. The van der Waals surface area contributed by atoms with Crippen LogP contribution in [0.25, 0.3) is 5.95 Å². The molecule has 0 saturated carbocycles. The van der Waals surface area contributed by atoms with Crippen LogP contribution in [0.1, 0.15) is 17.8 Å². The van der Waals surface area contributed by atoms with Gasteiger partial charge in [-0.3, -0.25) is 4.57 Å². The number of alkyl carbamates (subject to hydrolysis) is 1. The third kappa shape index (κ3) is 3.31. The van der Waals surface area contributed by atoms with Crippen molar-refractivity contribution in [3.8, 4) is 5.95 Å². The van der Waals surface area contributed by atoms with Gasteiger partial charge >= 0.3 is 6.09 Å². The van der Waals surface area contributed by atoms with E-state index in [2.05, 4.69) is 20.2 Å². The van der Waals surface area contributed by atoms with Crippen molar-refractivity contribution in [2.45, 2.75) is 26.4 Å². The maximum absolute atomic E-state index is 11.3. The molecule has 24 heavy (non-hydrogen) atoms. The lowest BCUT2D eigenvalue weighted by atomic mass is 10.3. The van der Waals surface area contributed by atoms with Crippen LogP contribution in [0.4, 0.5) is 10.6 Å². The molecule has 1 N–H and O–H groups in total. The van der Waals surface area contributed by atoms with Crippen molar-refractivity contribution < 1.29 is 9.53 Å². The molecule has 1 aliphatic rings. The monoisotopic (exact) mass is 349 g/mol. The molecule has 0 aromatic carbocycles. The summed E-state index contributed by atoms with van der Waals surface area (Å²) in [6.07, 6.45) is 0.186. The average molecular weight is 350 g/mol. The highest BCUT2D eigenvalue weighted by Gasteiger charge is 2.27. The fraction of sp³-hybridized carbons (Fsp3) is 0.438. The minimum Gasteiger partial charge on any atom is -0.444 e. The van der Waals surface area contributed by atoms with E-state index in [9.17, 15) is 4.79 Å². The molecule has 0 radical (unpaired) electrons. The molecule has 1 amide bonds. The zero-order chi connectivity index (χ0) is 17.3. The number of hydrogen-bond donors (Lipinski definition) is 1. The molecule has 7 nitrogen and oxygen atoms in total. The third-order valence-electron chi connectivity index (χ3n) is 4.09. The molecular formula is C16H20ClN5O2. The number of aryl methyl sites for hydroxylation is 2. The Morgan fingerprint density at radius 2 is 2.04 bits per heavy atom. The van der Waals surface area contributed by atoms with Crippen LogP contribution < -0.4 is 10.2 Å². The molecule has 3 rings (SSSR count). The summed E-state index contributed by atoms with van der Waals surface area (Å²) >= 11 is 6.21. The van der Waals surface area contributed by atoms with Gasteiger partial charge in [0.25, 0.3) is 0 Å².